The summed E-state index contributed by atoms with van der Waals surface area (Å²) in [6.07, 6.45) is -2.88. The van der Waals surface area contributed by atoms with E-state index >= 15 is 4.39 Å². The minimum Gasteiger partial charge on any atom is -0.467 e. The van der Waals surface area contributed by atoms with Crippen LogP contribution in [0.2, 0.25) is 0 Å². The van der Waals surface area contributed by atoms with Gasteiger partial charge in [0.25, 0.3) is 5.91 Å². The van der Waals surface area contributed by atoms with Gasteiger partial charge in [0, 0.05) is 37.3 Å². The summed E-state index contributed by atoms with van der Waals surface area (Å²) in [7, 11) is 3.18. The molecule has 204 valence electrons. The number of hydrogen-bond donors (Lipinski definition) is 2. The van der Waals surface area contributed by atoms with Gasteiger partial charge in [0.15, 0.2) is 23.4 Å². The SMILES string of the molecule is C[C@H]1[C@@H]2[C@@]1(C(=O)N(C)C)SC(N)=N[C@]2(C)c1cc(NC(=O)c2cnc(OCC(F)(F)F)cn2)cc(F)c1F. The first-order valence-corrected chi connectivity index (χ1v) is 12.0. The standard InChI is InChI=1S/C23H23F5N6O3S/c1-10-17-21(2,33-20(29)38-23(10,17)19(36)34(3)4)12-5-11(6-13(24)16(12)25)32-18(35)14-7-31-15(8-30-14)37-9-22(26,27)28/h5-8,10,17H,9H2,1-4H3,(H2,29,33)(H,32,35)/t10-,17-,21+,23-/m0/s1. The van der Waals surface area contributed by atoms with E-state index in [1.807, 2.05) is 6.92 Å². The van der Waals surface area contributed by atoms with Gasteiger partial charge >= 0.3 is 6.18 Å². The van der Waals surface area contributed by atoms with Crippen molar-refractivity contribution in [2.45, 2.75) is 30.3 Å². The summed E-state index contributed by atoms with van der Waals surface area (Å²) < 4.78 is 70.2. The molecule has 2 aromatic rings. The van der Waals surface area contributed by atoms with Gasteiger partial charge in [-0.2, -0.15) is 13.2 Å². The highest BCUT2D eigenvalue weighted by Gasteiger charge is 2.76. The van der Waals surface area contributed by atoms with Gasteiger partial charge in [-0.05, 0) is 18.9 Å². The summed E-state index contributed by atoms with van der Waals surface area (Å²) in [6, 6.07) is 1.96. The smallest absolute Gasteiger partial charge is 0.422 e. The van der Waals surface area contributed by atoms with Crippen molar-refractivity contribution in [3.05, 3.63) is 47.4 Å². The van der Waals surface area contributed by atoms with Crippen LogP contribution in [-0.2, 0) is 10.3 Å². The lowest BCUT2D eigenvalue weighted by Gasteiger charge is -2.34. The molecule has 3 N–H and O–H groups in total. The average Bonchev–Trinajstić information content (AvgIpc) is 3.44. The quantitative estimate of drug-likeness (QED) is 0.522. The molecule has 4 rings (SSSR count). The molecule has 0 spiro atoms. The molecule has 1 aliphatic heterocycles. The van der Waals surface area contributed by atoms with E-state index in [2.05, 4.69) is 25.0 Å². The minimum absolute atomic E-state index is 0.0423. The van der Waals surface area contributed by atoms with E-state index in [0.717, 1.165) is 30.2 Å². The van der Waals surface area contributed by atoms with E-state index in [0.29, 0.717) is 0 Å². The lowest BCUT2D eigenvalue weighted by molar-refractivity contribution is -0.154. The number of amidine groups is 1. The van der Waals surface area contributed by atoms with E-state index in [1.165, 1.54) is 11.0 Å². The molecule has 0 radical (unpaired) electrons. The van der Waals surface area contributed by atoms with Crippen LogP contribution in [0.3, 0.4) is 0 Å². The number of ether oxygens (including phenoxy) is 1. The molecular formula is C23H23F5N6O3S. The van der Waals surface area contributed by atoms with Gasteiger partial charge in [-0.15, -0.1) is 0 Å². The predicted molar refractivity (Wildman–Crippen MR) is 129 cm³/mol. The number of hydrogen-bond acceptors (Lipinski definition) is 8. The van der Waals surface area contributed by atoms with Crippen LogP contribution in [0.1, 0.15) is 29.9 Å². The van der Waals surface area contributed by atoms with Crippen molar-refractivity contribution in [1.82, 2.24) is 14.9 Å². The number of nitrogens with two attached hydrogens (primary N) is 1. The van der Waals surface area contributed by atoms with Crippen LogP contribution < -0.4 is 15.8 Å². The van der Waals surface area contributed by atoms with Crippen molar-refractivity contribution < 1.29 is 36.3 Å². The highest BCUT2D eigenvalue weighted by atomic mass is 32.2. The van der Waals surface area contributed by atoms with Gasteiger partial charge in [0.1, 0.15) is 10.4 Å². The summed E-state index contributed by atoms with van der Waals surface area (Å²) in [6.45, 7) is 1.78. The second kappa shape index (κ2) is 9.36. The second-order valence-electron chi connectivity index (χ2n) is 9.38. The largest absolute Gasteiger partial charge is 0.467 e. The molecule has 2 heterocycles. The number of rotatable bonds is 6. The fourth-order valence-electron chi connectivity index (χ4n) is 4.92. The molecule has 2 aliphatic rings. The van der Waals surface area contributed by atoms with Crippen molar-refractivity contribution in [1.29, 1.82) is 0 Å². The lowest BCUT2D eigenvalue weighted by Crippen LogP contribution is -2.44. The van der Waals surface area contributed by atoms with E-state index in [1.54, 1.807) is 21.0 Å². The highest BCUT2D eigenvalue weighted by molar-refractivity contribution is 8.15. The molecule has 1 saturated carbocycles. The van der Waals surface area contributed by atoms with Crippen LogP contribution in [0.4, 0.5) is 27.6 Å². The summed E-state index contributed by atoms with van der Waals surface area (Å²) in [5.41, 5.74) is 3.97. The van der Waals surface area contributed by atoms with E-state index in [4.69, 9.17) is 5.73 Å². The molecule has 4 atom stereocenters. The van der Waals surface area contributed by atoms with E-state index in [-0.39, 0.29) is 33.9 Å². The normalized spacial score (nSPS) is 26.2. The number of fused-ring (bicyclic) bond motifs is 1. The zero-order valence-electron chi connectivity index (χ0n) is 20.6. The fourth-order valence-corrected chi connectivity index (χ4v) is 6.59. The van der Waals surface area contributed by atoms with Crippen LogP contribution >= 0.6 is 11.8 Å². The van der Waals surface area contributed by atoms with Crippen LogP contribution in [0.25, 0.3) is 0 Å². The molecule has 9 nitrogen and oxygen atoms in total. The van der Waals surface area contributed by atoms with Gasteiger partial charge in [0.2, 0.25) is 11.8 Å². The van der Waals surface area contributed by atoms with Gasteiger partial charge < -0.3 is 20.7 Å². The second-order valence-corrected chi connectivity index (χ2v) is 10.7. The van der Waals surface area contributed by atoms with Crippen molar-refractivity contribution in [2.75, 3.05) is 26.0 Å². The predicted octanol–water partition coefficient (Wildman–Crippen LogP) is 3.32. The molecule has 1 fully saturated rings. The number of anilines is 1. The number of nitrogens with zero attached hydrogens (tertiary/aromatic N) is 4. The van der Waals surface area contributed by atoms with Gasteiger partial charge in [-0.25, -0.2) is 18.7 Å². The highest BCUT2D eigenvalue weighted by Crippen LogP contribution is 2.70. The average molecular weight is 559 g/mol. The van der Waals surface area contributed by atoms with Crippen molar-refractivity contribution >= 4 is 34.4 Å². The number of aromatic nitrogens is 2. The van der Waals surface area contributed by atoms with Crippen LogP contribution in [0.15, 0.2) is 29.5 Å². The number of carbonyl (C=O) groups is 2. The zero-order valence-corrected chi connectivity index (χ0v) is 21.4. The molecule has 0 saturated heterocycles. The maximum absolute atomic E-state index is 15.2. The number of alkyl halides is 3. The lowest BCUT2D eigenvalue weighted by atomic mass is 9.84. The Morgan fingerprint density at radius 1 is 1.21 bits per heavy atom. The fraction of sp³-hybridized carbons (Fsp3) is 0.435. The third-order valence-electron chi connectivity index (χ3n) is 6.57. The Balaban J connectivity index is 1.62. The van der Waals surface area contributed by atoms with Crippen LogP contribution in [0.5, 0.6) is 5.88 Å². The number of nitrogens with one attached hydrogen (secondary N) is 1. The minimum atomic E-state index is -4.58. The van der Waals surface area contributed by atoms with Gasteiger partial charge in [-0.3, -0.25) is 14.6 Å². The van der Waals surface area contributed by atoms with E-state index < -0.39 is 52.4 Å². The first kappa shape index (κ1) is 27.5. The third kappa shape index (κ3) is 4.74. The van der Waals surface area contributed by atoms with Crippen molar-refractivity contribution in [3.8, 4) is 5.88 Å². The summed E-state index contributed by atoms with van der Waals surface area (Å²) in [4.78, 5) is 38.8. The zero-order chi connectivity index (χ0) is 28.2. The van der Waals surface area contributed by atoms with Crippen LogP contribution in [0, 0.1) is 23.5 Å². The molecular weight excluding hydrogens is 535 g/mol. The summed E-state index contributed by atoms with van der Waals surface area (Å²) in [5.74, 6) is -4.84. The first-order chi connectivity index (χ1) is 17.6. The number of aliphatic imine (C=N–C) groups is 1. The van der Waals surface area contributed by atoms with Crippen LogP contribution in [-0.4, -0.2) is 63.5 Å². The Hall–Kier alpha value is -3.49. The summed E-state index contributed by atoms with van der Waals surface area (Å²) in [5, 5.41) is 2.41. The Bertz CT molecular complexity index is 1320. The number of halogens is 5. The molecule has 38 heavy (non-hydrogen) atoms. The summed E-state index contributed by atoms with van der Waals surface area (Å²) >= 11 is 1.10. The van der Waals surface area contributed by atoms with Crippen molar-refractivity contribution in [2.24, 2.45) is 22.6 Å². The molecule has 2 amide bonds. The molecule has 1 aromatic heterocycles. The molecule has 0 bridgehead atoms. The molecule has 1 aliphatic carbocycles. The molecule has 1 aromatic carbocycles. The monoisotopic (exact) mass is 558 g/mol. The maximum atomic E-state index is 15.2. The Labute approximate surface area is 218 Å². The Kier molecular flexibility index (Phi) is 6.78. The molecule has 0 unspecified atom stereocenters. The number of amides is 2. The first-order valence-electron chi connectivity index (χ1n) is 11.2. The maximum Gasteiger partial charge on any atom is 0.422 e. The van der Waals surface area contributed by atoms with E-state index in [9.17, 15) is 27.2 Å². The molecule has 15 heteroatoms. The van der Waals surface area contributed by atoms with Crippen molar-refractivity contribution in [3.63, 3.8) is 0 Å². The Morgan fingerprint density at radius 3 is 2.47 bits per heavy atom. The number of benzene rings is 1. The van der Waals surface area contributed by atoms with Gasteiger partial charge in [0.05, 0.1) is 17.9 Å². The van der Waals surface area contributed by atoms with Gasteiger partial charge in [-0.1, -0.05) is 18.7 Å². The Morgan fingerprint density at radius 2 is 1.89 bits per heavy atom. The third-order valence-corrected chi connectivity index (χ3v) is 8.01. The number of carbonyl (C=O) groups excluding carboxylic acids is 2. The number of thioether (sulfide) groups is 1. The topological polar surface area (TPSA) is 123 Å².